The number of benzene rings is 2. The summed E-state index contributed by atoms with van der Waals surface area (Å²) < 4.78 is 65.1. The van der Waals surface area contributed by atoms with E-state index in [9.17, 15) is 18.4 Å². The summed E-state index contributed by atoms with van der Waals surface area (Å²) in [4.78, 5) is 37.6. The van der Waals surface area contributed by atoms with E-state index in [2.05, 4.69) is 40.7 Å². The average molecular weight is 616 g/mol. The number of hydrogen-bond acceptors (Lipinski definition) is 7. The quantitative estimate of drug-likeness (QED) is 0.376. The SMILES string of the molecule is COc1cc(F)c([C@@H]2CN(c3cccc(N4C[C@@H](C)N(C)[C@@H](C)C4)n3)C(=O)[C@H]2NC(=O)c2ccc(OC(F)F)cc2)c(F)c1. The van der Waals surface area contributed by atoms with Gasteiger partial charge >= 0.3 is 6.61 Å². The highest BCUT2D eigenvalue weighted by molar-refractivity contribution is 6.04. The summed E-state index contributed by atoms with van der Waals surface area (Å²) >= 11 is 0. The lowest BCUT2D eigenvalue weighted by molar-refractivity contribution is -0.118. The Hall–Kier alpha value is -4.39. The third kappa shape index (κ3) is 6.28. The van der Waals surface area contributed by atoms with Crippen molar-refractivity contribution in [2.24, 2.45) is 0 Å². The zero-order valence-electron chi connectivity index (χ0n) is 24.6. The van der Waals surface area contributed by atoms with Gasteiger partial charge in [0.15, 0.2) is 0 Å². The lowest BCUT2D eigenvalue weighted by Gasteiger charge is -2.43. The molecule has 4 atom stereocenters. The van der Waals surface area contributed by atoms with Gasteiger partial charge in [0, 0.05) is 60.9 Å². The molecule has 0 saturated carbocycles. The lowest BCUT2D eigenvalue weighted by Crippen LogP contribution is -2.55. The maximum absolute atomic E-state index is 15.3. The minimum absolute atomic E-state index is 0.0331. The number of pyridine rings is 1. The number of piperazine rings is 1. The molecular formula is C31H33F4N5O4. The van der Waals surface area contributed by atoms with Gasteiger partial charge in [-0.2, -0.15) is 8.78 Å². The maximum Gasteiger partial charge on any atom is 0.387 e. The van der Waals surface area contributed by atoms with E-state index in [1.165, 1.54) is 36.3 Å². The van der Waals surface area contributed by atoms with E-state index in [0.717, 1.165) is 25.2 Å². The molecule has 0 bridgehead atoms. The van der Waals surface area contributed by atoms with E-state index in [1.807, 2.05) is 6.07 Å². The predicted octanol–water partition coefficient (Wildman–Crippen LogP) is 4.43. The van der Waals surface area contributed by atoms with Crippen molar-refractivity contribution in [1.82, 2.24) is 15.2 Å². The van der Waals surface area contributed by atoms with Crippen molar-refractivity contribution in [2.75, 3.05) is 43.6 Å². The molecule has 2 aliphatic rings. The molecule has 13 heteroatoms. The number of nitrogens with zero attached hydrogens (tertiary/aromatic N) is 4. The van der Waals surface area contributed by atoms with Crippen molar-refractivity contribution >= 4 is 23.5 Å². The van der Waals surface area contributed by atoms with Crippen molar-refractivity contribution in [2.45, 2.75) is 44.5 Å². The van der Waals surface area contributed by atoms with Crippen LogP contribution in [0.4, 0.5) is 29.2 Å². The summed E-state index contributed by atoms with van der Waals surface area (Å²) in [6.45, 7) is 2.46. The van der Waals surface area contributed by atoms with Gasteiger partial charge in [0.05, 0.1) is 7.11 Å². The van der Waals surface area contributed by atoms with Gasteiger partial charge in [-0.1, -0.05) is 6.07 Å². The van der Waals surface area contributed by atoms with Crippen LogP contribution in [0.5, 0.6) is 11.5 Å². The molecule has 1 aromatic heterocycles. The molecule has 44 heavy (non-hydrogen) atoms. The maximum atomic E-state index is 15.3. The minimum Gasteiger partial charge on any atom is -0.497 e. The molecular weight excluding hydrogens is 582 g/mol. The van der Waals surface area contributed by atoms with Gasteiger partial charge in [0.1, 0.15) is 40.8 Å². The van der Waals surface area contributed by atoms with Crippen LogP contribution in [0.25, 0.3) is 0 Å². The highest BCUT2D eigenvalue weighted by Crippen LogP contribution is 2.37. The van der Waals surface area contributed by atoms with Gasteiger partial charge < -0.3 is 19.7 Å². The van der Waals surface area contributed by atoms with E-state index < -0.39 is 42.0 Å². The van der Waals surface area contributed by atoms with Crippen LogP contribution in [-0.2, 0) is 4.79 Å². The number of amides is 2. The second-order valence-corrected chi connectivity index (χ2v) is 11.0. The molecule has 2 saturated heterocycles. The summed E-state index contributed by atoms with van der Waals surface area (Å²) in [5, 5.41) is 2.60. The standard InChI is InChI=1S/C31H33F4N5O4/c1-17-14-39(15-18(2)38(17)3)25-6-5-7-26(36-25)40-16-22(27-23(32)12-21(43-4)13-24(27)33)28(30(40)42)37-29(41)19-8-10-20(11-9-19)44-31(34)35/h5-13,17-18,22,28,31H,14-16H2,1-4H3,(H,37,41)/t17-,18+,22-,28-/m0/s1. The number of halogens is 4. The van der Waals surface area contributed by atoms with Crippen molar-refractivity contribution in [3.05, 3.63) is 77.4 Å². The predicted molar refractivity (Wildman–Crippen MR) is 155 cm³/mol. The van der Waals surface area contributed by atoms with Crippen LogP contribution >= 0.6 is 0 Å². The molecule has 2 aliphatic heterocycles. The number of nitrogens with one attached hydrogen (secondary N) is 1. The molecule has 0 unspecified atom stereocenters. The topological polar surface area (TPSA) is 87.2 Å². The van der Waals surface area contributed by atoms with Crippen LogP contribution in [0.3, 0.4) is 0 Å². The largest absolute Gasteiger partial charge is 0.497 e. The molecule has 5 rings (SSSR count). The van der Waals surface area contributed by atoms with Crippen LogP contribution in [0, 0.1) is 11.6 Å². The van der Waals surface area contributed by atoms with Crippen LogP contribution in [0.1, 0.15) is 35.7 Å². The number of methoxy groups -OCH3 is 1. The van der Waals surface area contributed by atoms with Gasteiger partial charge in [0.25, 0.3) is 11.8 Å². The minimum atomic E-state index is -3.04. The number of anilines is 2. The van der Waals surface area contributed by atoms with E-state index >= 15 is 8.78 Å². The fourth-order valence-corrected chi connectivity index (χ4v) is 5.73. The highest BCUT2D eigenvalue weighted by atomic mass is 19.3. The second-order valence-electron chi connectivity index (χ2n) is 11.0. The van der Waals surface area contributed by atoms with E-state index in [0.29, 0.717) is 5.82 Å². The van der Waals surface area contributed by atoms with Gasteiger partial charge in [0.2, 0.25) is 0 Å². The number of ether oxygens (including phenoxy) is 2. The Labute approximate surface area is 252 Å². The van der Waals surface area contributed by atoms with Crippen LogP contribution in [0.15, 0.2) is 54.6 Å². The molecule has 3 heterocycles. The summed E-state index contributed by atoms with van der Waals surface area (Å²) in [7, 11) is 3.34. The smallest absolute Gasteiger partial charge is 0.387 e. The number of rotatable bonds is 8. The first-order valence-electron chi connectivity index (χ1n) is 14.1. The normalized spacial score (nSPS) is 22.4. The van der Waals surface area contributed by atoms with Gasteiger partial charge in [-0.25, -0.2) is 13.8 Å². The number of hydrogen-bond donors (Lipinski definition) is 1. The van der Waals surface area contributed by atoms with Crippen molar-refractivity contribution in [3.8, 4) is 11.5 Å². The third-order valence-electron chi connectivity index (χ3n) is 8.28. The summed E-state index contributed by atoms with van der Waals surface area (Å²) in [5.41, 5.74) is -0.351. The molecule has 0 radical (unpaired) electrons. The molecule has 9 nitrogen and oxygen atoms in total. The first-order valence-corrected chi connectivity index (χ1v) is 14.1. The van der Waals surface area contributed by atoms with Gasteiger partial charge in [-0.3, -0.25) is 19.4 Å². The summed E-state index contributed by atoms with van der Waals surface area (Å²) in [6.07, 6.45) is 0. The number of likely N-dealkylation sites (N-methyl/N-ethyl adjacent to an activating group) is 1. The van der Waals surface area contributed by atoms with Gasteiger partial charge in [-0.05, 0) is 57.3 Å². The second kappa shape index (κ2) is 12.7. The van der Waals surface area contributed by atoms with Crippen molar-refractivity contribution in [1.29, 1.82) is 0 Å². The van der Waals surface area contributed by atoms with Crippen LogP contribution in [0.2, 0.25) is 0 Å². The monoisotopic (exact) mass is 615 g/mol. The number of aromatic nitrogens is 1. The molecule has 3 aromatic rings. The number of carbonyl (C=O) groups excluding carboxylic acids is 2. The van der Waals surface area contributed by atoms with E-state index in [1.54, 1.807) is 12.1 Å². The summed E-state index contributed by atoms with van der Waals surface area (Å²) in [5.74, 6) is -3.62. The Morgan fingerprint density at radius 1 is 0.955 bits per heavy atom. The fraction of sp³-hybridized carbons (Fsp3) is 0.387. The third-order valence-corrected chi connectivity index (χ3v) is 8.28. The van der Waals surface area contributed by atoms with E-state index in [-0.39, 0.29) is 47.1 Å². The highest BCUT2D eigenvalue weighted by Gasteiger charge is 2.46. The van der Waals surface area contributed by atoms with Crippen LogP contribution in [-0.4, -0.2) is 80.2 Å². The summed E-state index contributed by atoms with van der Waals surface area (Å²) in [6, 6.07) is 11.3. The molecule has 2 amide bonds. The Kier molecular flexibility index (Phi) is 8.95. The van der Waals surface area contributed by atoms with Crippen molar-refractivity contribution < 1.29 is 36.6 Å². The Bertz CT molecular complexity index is 1490. The molecule has 234 valence electrons. The number of carbonyl (C=O) groups is 2. The van der Waals surface area contributed by atoms with Gasteiger partial charge in [-0.15, -0.1) is 0 Å². The fourth-order valence-electron chi connectivity index (χ4n) is 5.73. The van der Waals surface area contributed by atoms with E-state index in [4.69, 9.17) is 9.72 Å². The average Bonchev–Trinajstić information content (AvgIpc) is 3.30. The molecule has 0 spiro atoms. The molecule has 0 aliphatic carbocycles. The van der Waals surface area contributed by atoms with Crippen LogP contribution < -0.4 is 24.6 Å². The molecule has 1 N–H and O–H groups in total. The Morgan fingerprint density at radius 2 is 1.57 bits per heavy atom. The first-order chi connectivity index (χ1) is 21.0. The first kappa shape index (κ1) is 31.0. The molecule has 2 fully saturated rings. The van der Waals surface area contributed by atoms with Crippen molar-refractivity contribution in [3.63, 3.8) is 0 Å². The zero-order chi connectivity index (χ0) is 31.7. The molecule has 2 aromatic carbocycles. The Morgan fingerprint density at radius 3 is 2.16 bits per heavy atom. The number of alkyl halides is 2. The Balaban J connectivity index is 1.46. The zero-order valence-corrected chi connectivity index (χ0v) is 24.6. The lowest BCUT2D eigenvalue weighted by atomic mass is 9.92.